The molecular formula is C11H16N2O4. The molecule has 1 atom stereocenters. The summed E-state index contributed by atoms with van der Waals surface area (Å²) >= 11 is 0. The second kappa shape index (κ2) is 5.01. The molecule has 0 bridgehead atoms. The highest BCUT2D eigenvalue weighted by Crippen LogP contribution is 2.38. The summed E-state index contributed by atoms with van der Waals surface area (Å²) in [6, 6.07) is 2.05. The lowest BCUT2D eigenvalue weighted by atomic mass is 9.97. The topological polar surface area (TPSA) is 110 Å². The van der Waals surface area contributed by atoms with E-state index in [-0.39, 0.29) is 0 Å². The average Bonchev–Trinajstić information content (AvgIpc) is 2.20. The number of nitro groups is 1. The first kappa shape index (κ1) is 13.2. The van der Waals surface area contributed by atoms with Gasteiger partial charge in [0.05, 0.1) is 4.92 Å². The van der Waals surface area contributed by atoms with Crippen molar-refractivity contribution in [3.63, 3.8) is 0 Å². The van der Waals surface area contributed by atoms with Crippen LogP contribution in [0, 0.1) is 16.0 Å². The predicted molar refractivity (Wildman–Crippen MR) is 62.8 cm³/mol. The number of phenolic OH excluding ortho intramolecular Hbond substituents is 2. The molecular weight excluding hydrogens is 224 g/mol. The molecule has 0 spiro atoms. The molecule has 6 nitrogen and oxygen atoms in total. The third-order valence-electron chi connectivity index (χ3n) is 2.44. The molecule has 0 saturated carbocycles. The van der Waals surface area contributed by atoms with Crippen LogP contribution in [0.1, 0.15) is 31.9 Å². The number of benzene rings is 1. The Morgan fingerprint density at radius 2 is 2.00 bits per heavy atom. The first-order valence-corrected chi connectivity index (χ1v) is 5.28. The number of nitro benzene ring substituents is 1. The number of hydrogen-bond donors (Lipinski definition) is 3. The minimum Gasteiger partial charge on any atom is -0.504 e. The van der Waals surface area contributed by atoms with Crippen LogP contribution in [-0.4, -0.2) is 15.1 Å². The molecule has 0 fully saturated rings. The van der Waals surface area contributed by atoms with Crippen molar-refractivity contribution < 1.29 is 15.1 Å². The monoisotopic (exact) mass is 240 g/mol. The summed E-state index contributed by atoms with van der Waals surface area (Å²) in [5.74, 6) is -0.913. The van der Waals surface area contributed by atoms with Gasteiger partial charge in [0, 0.05) is 12.1 Å². The molecule has 0 aliphatic rings. The molecule has 94 valence electrons. The van der Waals surface area contributed by atoms with E-state index in [4.69, 9.17) is 5.73 Å². The van der Waals surface area contributed by atoms with Gasteiger partial charge in [-0.25, -0.2) is 0 Å². The largest absolute Gasteiger partial charge is 0.504 e. The van der Waals surface area contributed by atoms with Gasteiger partial charge in [-0.2, -0.15) is 0 Å². The minimum atomic E-state index is -0.749. The Labute approximate surface area is 98.8 Å². The molecule has 1 aromatic carbocycles. The SMILES string of the molecule is CC(C)C[C@H](N)c1cc(O)c(O)c([N+](=O)[O-])c1. The molecule has 0 amide bonds. The highest BCUT2D eigenvalue weighted by Gasteiger charge is 2.21. The summed E-state index contributed by atoms with van der Waals surface area (Å²) in [4.78, 5) is 9.92. The lowest BCUT2D eigenvalue weighted by Gasteiger charge is -2.14. The van der Waals surface area contributed by atoms with Crippen molar-refractivity contribution in [2.24, 2.45) is 11.7 Å². The summed E-state index contributed by atoms with van der Waals surface area (Å²) in [7, 11) is 0. The maximum absolute atomic E-state index is 10.7. The van der Waals surface area contributed by atoms with Crippen LogP contribution >= 0.6 is 0 Å². The smallest absolute Gasteiger partial charge is 0.314 e. The van der Waals surface area contributed by atoms with E-state index in [1.807, 2.05) is 13.8 Å². The molecule has 4 N–H and O–H groups in total. The standard InChI is InChI=1S/C11H16N2O4/c1-6(2)3-8(12)7-4-9(13(16)17)11(15)10(14)5-7/h4-6,8,14-15H,3,12H2,1-2H3/t8-/m0/s1. The summed E-state index contributed by atoms with van der Waals surface area (Å²) in [5, 5.41) is 29.4. The van der Waals surface area contributed by atoms with Gasteiger partial charge in [0.15, 0.2) is 5.75 Å². The third-order valence-corrected chi connectivity index (χ3v) is 2.44. The Kier molecular flexibility index (Phi) is 3.90. The van der Waals surface area contributed by atoms with E-state index in [1.54, 1.807) is 0 Å². The van der Waals surface area contributed by atoms with Gasteiger partial charge in [-0.15, -0.1) is 0 Å². The van der Waals surface area contributed by atoms with Gasteiger partial charge >= 0.3 is 5.69 Å². The Balaban J connectivity index is 3.14. The molecule has 0 aromatic heterocycles. The fourth-order valence-corrected chi connectivity index (χ4v) is 1.62. The highest BCUT2D eigenvalue weighted by molar-refractivity contribution is 5.56. The van der Waals surface area contributed by atoms with Crippen LogP contribution in [0.15, 0.2) is 12.1 Å². The van der Waals surface area contributed by atoms with Crippen molar-refractivity contribution in [3.05, 3.63) is 27.8 Å². The van der Waals surface area contributed by atoms with Gasteiger partial charge in [0.25, 0.3) is 0 Å². The van der Waals surface area contributed by atoms with Crippen LogP contribution in [0.25, 0.3) is 0 Å². The first-order valence-electron chi connectivity index (χ1n) is 5.28. The quantitative estimate of drug-likeness (QED) is 0.424. The molecule has 6 heteroatoms. The minimum absolute atomic E-state index is 0.333. The van der Waals surface area contributed by atoms with E-state index in [0.29, 0.717) is 17.9 Å². The molecule has 0 aliphatic carbocycles. The zero-order chi connectivity index (χ0) is 13.2. The number of phenols is 2. The summed E-state index contributed by atoms with van der Waals surface area (Å²) in [5.41, 5.74) is 5.79. The third kappa shape index (κ3) is 3.07. The van der Waals surface area contributed by atoms with E-state index in [1.165, 1.54) is 12.1 Å². The summed E-state index contributed by atoms with van der Waals surface area (Å²) in [6.45, 7) is 3.96. The second-order valence-corrected chi connectivity index (χ2v) is 4.40. The molecule has 1 aromatic rings. The van der Waals surface area contributed by atoms with Gasteiger partial charge in [0.2, 0.25) is 5.75 Å². The van der Waals surface area contributed by atoms with Crippen LogP contribution in [0.5, 0.6) is 11.5 Å². The van der Waals surface area contributed by atoms with Gasteiger partial charge in [-0.05, 0) is 24.0 Å². The van der Waals surface area contributed by atoms with Crippen molar-refractivity contribution in [1.29, 1.82) is 0 Å². The van der Waals surface area contributed by atoms with Gasteiger partial charge in [-0.1, -0.05) is 13.8 Å². The molecule has 0 unspecified atom stereocenters. The lowest BCUT2D eigenvalue weighted by Crippen LogP contribution is -2.13. The Morgan fingerprint density at radius 3 is 2.47 bits per heavy atom. The first-order chi connectivity index (χ1) is 7.82. The molecule has 0 aliphatic heterocycles. The van der Waals surface area contributed by atoms with E-state index < -0.39 is 28.2 Å². The van der Waals surface area contributed by atoms with Gasteiger partial charge < -0.3 is 15.9 Å². The number of rotatable bonds is 4. The molecule has 0 radical (unpaired) electrons. The van der Waals surface area contributed by atoms with Crippen molar-refractivity contribution >= 4 is 5.69 Å². The van der Waals surface area contributed by atoms with E-state index in [2.05, 4.69) is 0 Å². The van der Waals surface area contributed by atoms with E-state index >= 15 is 0 Å². The van der Waals surface area contributed by atoms with Crippen molar-refractivity contribution in [2.75, 3.05) is 0 Å². The number of nitrogens with zero attached hydrogens (tertiary/aromatic N) is 1. The van der Waals surface area contributed by atoms with Gasteiger partial charge in [0.1, 0.15) is 0 Å². The Bertz CT molecular complexity index is 432. The van der Waals surface area contributed by atoms with Crippen LogP contribution in [0.3, 0.4) is 0 Å². The normalized spacial score (nSPS) is 12.7. The molecule has 17 heavy (non-hydrogen) atoms. The van der Waals surface area contributed by atoms with Crippen LogP contribution in [0.4, 0.5) is 5.69 Å². The van der Waals surface area contributed by atoms with E-state index in [9.17, 15) is 20.3 Å². The molecule has 0 saturated heterocycles. The predicted octanol–water partition coefficient (Wildman–Crippen LogP) is 2.05. The number of aromatic hydroxyl groups is 2. The number of hydrogen-bond acceptors (Lipinski definition) is 5. The molecule has 0 heterocycles. The average molecular weight is 240 g/mol. The van der Waals surface area contributed by atoms with Crippen molar-refractivity contribution in [3.8, 4) is 11.5 Å². The van der Waals surface area contributed by atoms with Crippen LogP contribution in [0.2, 0.25) is 0 Å². The fraction of sp³-hybridized carbons (Fsp3) is 0.455. The zero-order valence-electron chi connectivity index (χ0n) is 9.75. The van der Waals surface area contributed by atoms with E-state index in [0.717, 1.165) is 0 Å². The van der Waals surface area contributed by atoms with Crippen LogP contribution < -0.4 is 5.73 Å². The Hall–Kier alpha value is -1.82. The van der Waals surface area contributed by atoms with Gasteiger partial charge in [-0.3, -0.25) is 10.1 Å². The second-order valence-electron chi connectivity index (χ2n) is 4.40. The molecule has 1 rings (SSSR count). The highest BCUT2D eigenvalue weighted by atomic mass is 16.6. The maximum atomic E-state index is 10.7. The van der Waals surface area contributed by atoms with Crippen molar-refractivity contribution in [2.45, 2.75) is 26.3 Å². The summed E-state index contributed by atoms with van der Waals surface area (Å²) < 4.78 is 0. The summed E-state index contributed by atoms with van der Waals surface area (Å²) in [6.07, 6.45) is 0.640. The fourth-order valence-electron chi connectivity index (χ4n) is 1.62. The van der Waals surface area contributed by atoms with Crippen molar-refractivity contribution in [1.82, 2.24) is 0 Å². The number of nitrogens with two attached hydrogens (primary N) is 1. The Morgan fingerprint density at radius 1 is 1.41 bits per heavy atom. The zero-order valence-corrected chi connectivity index (χ0v) is 9.75. The maximum Gasteiger partial charge on any atom is 0.314 e. The lowest BCUT2D eigenvalue weighted by molar-refractivity contribution is -0.386. The van der Waals surface area contributed by atoms with Crippen LogP contribution in [-0.2, 0) is 0 Å².